The van der Waals surface area contributed by atoms with Crippen molar-refractivity contribution in [2.24, 2.45) is 0 Å². The smallest absolute Gasteiger partial charge is 0.397 e. The van der Waals surface area contributed by atoms with E-state index in [0.29, 0.717) is 12.1 Å². The molecule has 1 aliphatic heterocycles. The third kappa shape index (κ3) is 19.6. The van der Waals surface area contributed by atoms with Crippen LogP contribution in [0.5, 0.6) is 0 Å². The zero-order valence-electron chi connectivity index (χ0n) is 33.2. The van der Waals surface area contributed by atoms with Gasteiger partial charge in [0.25, 0.3) is 11.2 Å². The second-order valence-corrected chi connectivity index (χ2v) is 19.0. The van der Waals surface area contributed by atoms with Crippen LogP contribution in [-0.2, 0) is 44.6 Å². The Hall–Kier alpha value is -2.16. The first kappa shape index (κ1) is 65.5. The monoisotopic (exact) mass is 998 g/mol. The molecule has 0 fully saturated rings. The van der Waals surface area contributed by atoms with E-state index in [2.05, 4.69) is 19.9 Å². The van der Waals surface area contributed by atoms with Gasteiger partial charge in [-0.15, -0.1) is 6.58 Å². The fourth-order valence-corrected chi connectivity index (χ4v) is 8.10. The maximum atomic E-state index is 12.7. The van der Waals surface area contributed by atoms with Crippen molar-refractivity contribution < 1.29 is 134 Å². The quantitative estimate of drug-likeness (QED) is 0.107. The number of aliphatic hydroxyl groups is 2. The summed E-state index contributed by atoms with van der Waals surface area (Å²) in [7, 11) is 0.106. The number of allylic oxidation sites excluding steroid dienone is 1. The lowest BCUT2D eigenvalue weighted by Gasteiger charge is -2.43. The summed E-state index contributed by atoms with van der Waals surface area (Å²) in [5, 5.41) is 16.5. The molecule has 0 atom stereocenters. The van der Waals surface area contributed by atoms with E-state index in [-0.39, 0.29) is 6.61 Å². The number of aliphatic hydroxyl groups excluding tert-OH is 1. The summed E-state index contributed by atoms with van der Waals surface area (Å²) in [6, 6.07) is 0.649. The van der Waals surface area contributed by atoms with Crippen molar-refractivity contribution in [2.75, 3.05) is 63.5 Å². The van der Waals surface area contributed by atoms with Gasteiger partial charge in [0.15, 0.2) is 0 Å². The molecule has 1 heterocycles. The zero-order chi connectivity index (χ0) is 49.8. The van der Waals surface area contributed by atoms with E-state index < -0.39 is 93.3 Å². The average molecular weight is 999 g/mol. The predicted octanol–water partition coefficient (Wildman–Crippen LogP) is 7.53. The molecule has 0 aromatic carbocycles. The summed E-state index contributed by atoms with van der Waals surface area (Å²) in [5.74, 6) is -3.68. The molecule has 1 rings (SSSR count). The number of alkyl halides is 18. The van der Waals surface area contributed by atoms with Crippen LogP contribution in [0, 0.1) is 0 Å². The molecule has 0 bridgehead atoms. The summed E-state index contributed by atoms with van der Waals surface area (Å²) in [4.78, 5) is 9.24. The first-order valence-electron chi connectivity index (χ1n) is 15.6. The van der Waals surface area contributed by atoms with Crippen LogP contribution in [0.4, 0.5) is 79.0 Å². The maximum Gasteiger partial charge on any atom is 0.529 e. The molecule has 0 aliphatic carbocycles. The largest absolute Gasteiger partial charge is 0.529 e. The van der Waals surface area contributed by atoms with E-state index in [1.807, 2.05) is 0 Å². The highest BCUT2D eigenvalue weighted by Crippen LogP contribution is 2.51. The SMILES string of the molecule is C=CC[Si](OC)(OC)OC.CCO.CO[Si](/C=C\CC(O)(C(F)(F)F)C(F)(F)F)(OC)OC.CO[Si]1(OC)C=CCC(C(F)(F)F)(C(F)(F)F)O1.O=C(C(F)(F)F)C(F)(F)F. The van der Waals surface area contributed by atoms with Gasteiger partial charge in [-0.2, -0.15) is 79.0 Å². The van der Waals surface area contributed by atoms with Crippen molar-refractivity contribution >= 4 is 32.2 Å². The molecule has 33 heteroatoms. The van der Waals surface area contributed by atoms with Crippen LogP contribution in [-0.4, -0.2) is 154 Å². The number of Topliss-reactive ketones (excluding diaryl/α,β-unsaturated/α-hetero) is 1. The van der Waals surface area contributed by atoms with Crippen molar-refractivity contribution in [2.45, 2.75) is 74.1 Å². The van der Waals surface area contributed by atoms with Gasteiger partial charge < -0.3 is 50.0 Å². The topological polar surface area (TPSA) is 141 Å². The summed E-state index contributed by atoms with van der Waals surface area (Å²) >= 11 is 0. The molecule has 12 nitrogen and oxygen atoms in total. The average Bonchev–Trinajstić information content (AvgIpc) is 3.14. The number of carbonyl (C=O) groups is 1. The van der Waals surface area contributed by atoms with Gasteiger partial charge in [0.05, 0.1) is 0 Å². The number of carbonyl (C=O) groups excluding carboxylic acids is 1. The minimum Gasteiger partial charge on any atom is -0.397 e. The number of rotatable bonds is 13. The van der Waals surface area contributed by atoms with Gasteiger partial charge in [-0.05, 0) is 18.3 Å². The summed E-state index contributed by atoms with van der Waals surface area (Å²) in [5.41, 5.74) is -7.31. The third-order valence-corrected chi connectivity index (χ3v) is 14.3. The van der Waals surface area contributed by atoms with Crippen molar-refractivity contribution in [3.8, 4) is 0 Å². The lowest BCUT2D eigenvalue weighted by atomic mass is 9.98. The Kier molecular flexibility index (Phi) is 27.9. The molecule has 1 aliphatic rings. The number of halogens is 18. The molecule has 0 radical (unpaired) electrons. The van der Waals surface area contributed by atoms with Crippen molar-refractivity contribution in [3.05, 3.63) is 36.2 Å². The normalized spacial score (nSPS) is 16.1. The van der Waals surface area contributed by atoms with E-state index in [1.54, 1.807) is 34.3 Å². The lowest BCUT2D eigenvalue weighted by Crippen LogP contribution is -2.66. The Balaban J connectivity index is -0.000000362. The van der Waals surface area contributed by atoms with Crippen LogP contribution in [0.2, 0.25) is 6.04 Å². The fraction of sp³-hybridized carbons (Fsp3) is 0.750. The molecule has 0 aromatic rings. The summed E-state index contributed by atoms with van der Waals surface area (Å²) < 4.78 is 259. The molecule has 0 saturated carbocycles. The molecule has 0 aromatic heterocycles. The van der Waals surface area contributed by atoms with E-state index >= 15 is 0 Å². The van der Waals surface area contributed by atoms with Crippen molar-refractivity contribution in [3.63, 3.8) is 0 Å². The standard InChI is InChI=1S/C9H14F6O4Si.C8H10F6O3Si.C6H14O3Si.C3F6O.C2H6O/c1-17-20(18-2,19-3)6-4-5-7(16,8(10,11)12)9(13,14)15;1-15-18(16-2)5-3-4-6(17-18,7(9,10)11)8(12,13)14;1-5-6-10(7-2,8-3)9-4;4-2(5,6)1(10)3(7,8)9;1-2-3/h4,6,16H,5H2,1-3H3;3,5H,4H2,1-2H3;5H,1,6H2,2-4H3;;3H,2H2,1H3/b6-4-;;;;. The summed E-state index contributed by atoms with van der Waals surface area (Å²) in [6.45, 7) is 5.51. The molecule has 61 heavy (non-hydrogen) atoms. The number of hydrogen-bond acceptors (Lipinski definition) is 12. The van der Waals surface area contributed by atoms with Crippen LogP contribution in [0.3, 0.4) is 0 Å². The van der Waals surface area contributed by atoms with Gasteiger partial charge in [0, 0.05) is 82.4 Å². The molecule has 0 amide bonds. The third-order valence-electron chi connectivity index (χ3n) is 6.90. The highest BCUT2D eigenvalue weighted by molar-refractivity contribution is 6.66. The van der Waals surface area contributed by atoms with Crippen LogP contribution >= 0.6 is 0 Å². The highest BCUT2D eigenvalue weighted by atomic mass is 28.4. The van der Waals surface area contributed by atoms with Crippen LogP contribution in [0.1, 0.15) is 19.8 Å². The van der Waals surface area contributed by atoms with Crippen molar-refractivity contribution in [1.29, 1.82) is 0 Å². The van der Waals surface area contributed by atoms with Gasteiger partial charge in [0.1, 0.15) is 0 Å². The molecular weight excluding hydrogens is 955 g/mol. The number of hydrogen-bond donors (Lipinski definition) is 2. The van der Waals surface area contributed by atoms with Crippen LogP contribution < -0.4 is 0 Å². The zero-order valence-corrected chi connectivity index (χ0v) is 36.2. The fourth-order valence-electron chi connectivity index (χ4n) is 3.56. The molecule has 366 valence electrons. The first-order valence-corrected chi connectivity index (χ1v) is 21.1. The van der Waals surface area contributed by atoms with Gasteiger partial charge in [-0.3, -0.25) is 4.79 Å². The minimum atomic E-state index is -5.87. The Morgan fingerprint density at radius 3 is 1.26 bits per heavy atom. The Labute approximate surface area is 340 Å². The first-order chi connectivity index (χ1) is 27.2. The minimum absolute atomic E-state index is 0.250. The summed E-state index contributed by atoms with van der Waals surface area (Å²) in [6.07, 6.45) is -34.8. The van der Waals surface area contributed by atoms with Crippen molar-refractivity contribution in [1.82, 2.24) is 0 Å². The van der Waals surface area contributed by atoms with E-state index in [0.717, 1.165) is 53.0 Å². The maximum absolute atomic E-state index is 12.7. The highest BCUT2D eigenvalue weighted by Gasteiger charge is 2.75. The lowest BCUT2D eigenvalue weighted by molar-refractivity contribution is -0.366. The second-order valence-electron chi connectivity index (χ2n) is 10.7. The Morgan fingerprint density at radius 1 is 0.721 bits per heavy atom. The Bertz CT molecular complexity index is 1250. The molecule has 2 N–H and O–H groups in total. The molecular formula is C28H44F18O12Si3. The molecule has 0 spiro atoms. The Morgan fingerprint density at radius 2 is 1.07 bits per heavy atom. The van der Waals surface area contributed by atoms with Gasteiger partial charge in [-0.25, -0.2) is 0 Å². The van der Waals surface area contributed by atoms with E-state index in [1.165, 1.54) is 0 Å². The van der Waals surface area contributed by atoms with Crippen LogP contribution in [0.15, 0.2) is 36.2 Å². The van der Waals surface area contributed by atoms with Crippen LogP contribution in [0.25, 0.3) is 0 Å². The number of ketones is 1. The van der Waals surface area contributed by atoms with Gasteiger partial charge >= 0.3 is 69.3 Å². The van der Waals surface area contributed by atoms with E-state index in [4.69, 9.17) is 36.8 Å². The van der Waals surface area contributed by atoms with E-state index in [9.17, 15) is 83.8 Å². The molecule has 0 saturated heterocycles. The van der Waals surface area contributed by atoms with Gasteiger partial charge in [-0.1, -0.05) is 18.2 Å². The van der Waals surface area contributed by atoms with Gasteiger partial charge in [0.2, 0.25) is 0 Å². The second kappa shape index (κ2) is 26.0. The predicted molar refractivity (Wildman–Crippen MR) is 179 cm³/mol. The molecule has 0 unspecified atom stereocenters.